The summed E-state index contributed by atoms with van der Waals surface area (Å²) in [5.41, 5.74) is 1.83. The van der Waals surface area contributed by atoms with Gasteiger partial charge in [-0.3, -0.25) is 14.3 Å². The van der Waals surface area contributed by atoms with Crippen molar-refractivity contribution >= 4 is 17.5 Å². The van der Waals surface area contributed by atoms with Crippen molar-refractivity contribution in [2.75, 3.05) is 43.5 Å². The van der Waals surface area contributed by atoms with Crippen LogP contribution in [0.3, 0.4) is 0 Å². The van der Waals surface area contributed by atoms with E-state index in [4.69, 9.17) is 4.74 Å². The zero-order valence-electron chi connectivity index (χ0n) is 25.6. The third kappa shape index (κ3) is 6.74. The van der Waals surface area contributed by atoms with Crippen molar-refractivity contribution in [1.29, 1.82) is 0 Å². The normalized spacial score (nSPS) is 18.3. The summed E-state index contributed by atoms with van der Waals surface area (Å²) in [6.07, 6.45) is 9.93. The molecule has 2 aliphatic rings. The van der Waals surface area contributed by atoms with Gasteiger partial charge in [0.15, 0.2) is 0 Å². The Morgan fingerprint density at radius 2 is 1.93 bits per heavy atom. The standard InChI is InChI=1S/C30H43N9O3/c1-21(39-33-28(32-34-39)23-15-26(35(5)6)18-31-17-23)37-14-12-24(16-27(37)40)36-13-8-11-25(20-36)38(19-22-9-7-10-22)29(41)42-30(2,3)4/h12,14-18,21-22,25H,7-11,13,19-20H2,1-6H3/t21?,25-/m1/s1. The smallest absolute Gasteiger partial charge is 0.410 e. The number of carbonyl (C=O) groups excluding carboxylic acids is 1. The highest BCUT2D eigenvalue weighted by molar-refractivity contribution is 5.69. The molecule has 3 aromatic heterocycles. The highest BCUT2D eigenvalue weighted by Gasteiger charge is 2.34. The number of pyridine rings is 2. The van der Waals surface area contributed by atoms with Gasteiger partial charge in [0.25, 0.3) is 5.56 Å². The van der Waals surface area contributed by atoms with Crippen molar-refractivity contribution in [2.24, 2.45) is 5.92 Å². The number of nitrogens with zero attached hydrogens (tertiary/aromatic N) is 9. The third-order valence-electron chi connectivity index (χ3n) is 8.11. The Morgan fingerprint density at radius 3 is 2.60 bits per heavy atom. The van der Waals surface area contributed by atoms with E-state index in [9.17, 15) is 9.59 Å². The Labute approximate surface area is 247 Å². The topological polar surface area (TPSA) is 115 Å². The lowest BCUT2D eigenvalue weighted by atomic mass is 9.84. The molecule has 12 heteroatoms. The number of hydrogen-bond donors (Lipinski definition) is 0. The molecule has 0 radical (unpaired) electrons. The van der Waals surface area contributed by atoms with Crippen LogP contribution in [0.25, 0.3) is 11.4 Å². The molecular formula is C30H43N9O3. The second-order valence-electron chi connectivity index (χ2n) is 12.7. The Morgan fingerprint density at radius 1 is 1.14 bits per heavy atom. The molecule has 0 spiro atoms. The molecular weight excluding hydrogens is 534 g/mol. The summed E-state index contributed by atoms with van der Waals surface area (Å²) in [7, 11) is 3.89. The van der Waals surface area contributed by atoms with E-state index in [1.54, 1.807) is 29.2 Å². The number of hydrogen-bond acceptors (Lipinski definition) is 9. The molecule has 0 aromatic carbocycles. The average molecular weight is 578 g/mol. The highest BCUT2D eigenvalue weighted by Crippen LogP contribution is 2.31. The molecule has 1 aliphatic carbocycles. The van der Waals surface area contributed by atoms with E-state index < -0.39 is 11.8 Å². The van der Waals surface area contributed by atoms with Gasteiger partial charge >= 0.3 is 6.09 Å². The minimum Gasteiger partial charge on any atom is -0.444 e. The van der Waals surface area contributed by atoms with Gasteiger partial charge in [0, 0.05) is 63.4 Å². The van der Waals surface area contributed by atoms with Crippen LogP contribution in [0.2, 0.25) is 0 Å². The summed E-state index contributed by atoms with van der Waals surface area (Å²) in [6, 6.07) is 5.59. The molecule has 12 nitrogen and oxygen atoms in total. The van der Waals surface area contributed by atoms with Crippen LogP contribution in [0.15, 0.2) is 41.6 Å². The van der Waals surface area contributed by atoms with E-state index in [-0.39, 0.29) is 17.7 Å². The summed E-state index contributed by atoms with van der Waals surface area (Å²) in [5, 5.41) is 13.0. The molecule has 1 amide bonds. The molecule has 1 aliphatic heterocycles. The van der Waals surface area contributed by atoms with Crippen LogP contribution < -0.4 is 15.4 Å². The van der Waals surface area contributed by atoms with E-state index in [1.807, 2.05) is 63.7 Å². The van der Waals surface area contributed by atoms with Crippen molar-refractivity contribution in [2.45, 2.75) is 77.6 Å². The summed E-state index contributed by atoms with van der Waals surface area (Å²) in [6.45, 7) is 9.81. The molecule has 1 saturated heterocycles. The van der Waals surface area contributed by atoms with Gasteiger partial charge in [-0.15, -0.1) is 15.0 Å². The molecule has 5 rings (SSSR count). The van der Waals surface area contributed by atoms with Gasteiger partial charge in [-0.05, 0) is 76.6 Å². The van der Waals surface area contributed by atoms with Crippen molar-refractivity contribution in [3.8, 4) is 11.4 Å². The Balaban J connectivity index is 1.30. The minimum atomic E-state index is -0.544. The van der Waals surface area contributed by atoms with Gasteiger partial charge in [0.2, 0.25) is 5.82 Å². The van der Waals surface area contributed by atoms with E-state index in [1.165, 1.54) is 11.2 Å². The number of ether oxygens (including phenoxy) is 1. The molecule has 226 valence electrons. The molecule has 0 bridgehead atoms. The first-order valence-corrected chi connectivity index (χ1v) is 14.9. The first-order chi connectivity index (χ1) is 20.0. The van der Waals surface area contributed by atoms with E-state index in [0.717, 1.165) is 55.7 Å². The first-order valence-electron chi connectivity index (χ1n) is 14.9. The zero-order chi connectivity index (χ0) is 30.0. The van der Waals surface area contributed by atoms with Crippen LogP contribution >= 0.6 is 0 Å². The van der Waals surface area contributed by atoms with Crippen molar-refractivity contribution < 1.29 is 9.53 Å². The second-order valence-corrected chi connectivity index (χ2v) is 12.7. The maximum Gasteiger partial charge on any atom is 0.410 e. The second kappa shape index (κ2) is 12.1. The van der Waals surface area contributed by atoms with Gasteiger partial charge in [0.1, 0.15) is 11.8 Å². The van der Waals surface area contributed by atoms with E-state index in [0.29, 0.717) is 18.3 Å². The molecule has 0 N–H and O–H groups in total. The number of aromatic nitrogens is 6. The Hall–Kier alpha value is -3.96. The number of anilines is 2. The van der Waals surface area contributed by atoms with Gasteiger partial charge in [-0.2, -0.15) is 0 Å². The monoisotopic (exact) mass is 577 g/mol. The number of rotatable bonds is 8. The van der Waals surface area contributed by atoms with E-state index in [2.05, 4.69) is 25.3 Å². The van der Waals surface area contributed by atoms with E-state index >= 15 is 0 Å². The molecule has 1 saturated carbocycles. The van der Waals surface area contributed by atoms with Crippen LogP contribution in [0, 0.1) is 5.92 Å². The van der Waals surface area contributed by atoms with Crippen LogP contribution in [-0.4, -0.2) is 86.1 Å². The maximum atomic E-state index is 13.3. The molecule has 2 fully saturated rings. The lowest BCUT2D eigenvalue weighted by molar-refractivity contribution is 0.00736. The van der Waals surface area contributed by atoms with Gasteiger partial charge in [-0.25, -0.2) is 4.79 Å². The Kier molecular flexibility index (Phi) is 8.51. The molecule has 1 unspecified atom stereocenters. The van der Waals surface area contributed by atoms with Gasteiger partial charge < -0.3 is 19.4 Å². The minimum absolute atomic E-state index is 0.0359. The number of tetrazole rings is 1. The fourth-order valence-electron chi connectivity index (χ4n) is 5.48. The third-order valence-corrected chi connectivity index (χ3v) is 8.11. The summed E-state index contributed by atoms with van der Waals surface area (Å²) in [5.74, 6) is 0.982. The van der Waals surface area contributed by atoms with Crippen LogP contribution in [0.1, 0.15) is 66.0 Å². The van der Waals surface area contributed by atoms with Crippen molar-refractivity contribution in [3.63, 3.8) is 0 Å². The average Bonchev–Trinajstić information content (AvgIpc) is 3.42. The summed E-state index contributed by atoms with van der Waals surface area (Å²) < 4.78 is 7.39. The van der Waals surface area contributed by atoms with Crippen molar-refractivity contribution in [1.82, 2.24) is 34.7 Å². The van der Waals surface area contributed by atoms with Crippen LogP contribution in [-0.2, 0) is 4.74 Å². The largest absolute Gasteiger partial charge is 0.444 e. The summed E-state index contributed by atoms with van der Waals surface area (Å²) in [4.78, 5) is 38.4. The van der Waals surface area contributed by atoms with Gasteiger partial charge in [0.05, 0.1) is 17.9 Å². The van der Waals surface area contributed by atoms with Crippen LogP contribution in [0.4, 0.5) is 16.2 Å². The predicted molar refractivity (Wildman–Crippen MR) is 162 cm³/mol. The quantitative estimate of drug-likeness (QED) is 0.391. The number of amides is 1. The maximum absolute atomic E-state index is 13.3. The highest BCUT2D eigenvalue weighted by atomic mass is 16.6. The molecule has 4 heterocycles. The summed E-state index contributed by atoms with van der Waals surface area (Å²) >= 11 is 0. The predicted octanol–water partition coefficient (Wildman–Crippen LogP) is 4.04. The fraction of sp³-hybridized carbons (Fsp3) is 0.600. The molecule has 42 heavy (non-hydrogen) atoms. The first kappa shape index (κ1) is 29.5. The number of carbonyl (C=O) groups is 1. The molecule has 3 aromatic rings. The van der Waals surface area contributed by atoms with Crippen molar-refractivity contribution in [3.05, 3.63) is 47.1 Å². The number of piperidine rings is 1. The van der Waals surface area contributed by atoms with Gasteiger partial charge in [-0.1, -0.05) is 6.42 Å². The zero-order valence-corrected chi connectivity index (χ0v) is 25.6. The fourth-order valence-corrected chi connectivity index (χ4v) is 5.48. The molecule has 2 atom stereocenters. The lowest BCUT2D eigenvalue weighted by Gasteiger charge is -2.43. The van der Waals surface area contributed by atoms with Crippen LogP contribution in [0.5, 0.6) is 0 Å². The SMILES string of the molecule is CC(n1nnc(-c2cncc(N(C)C)c2)n1)n1ccc(N2CCC[C@@H](N(CC3CCC3)C(=O)OC(C)(C)C)C2)cc1=O. The lowest BCUT2D eigenvalue weighted by Crippen LogP contribution is -2.53. The Bertz CT molecular complexity index is 1440.